The van der Waals surface area contributed by atoms with Crippen molar-refractivity contribution in [2.75, 3.05) is 40.5 Å². The molecule has 0 aromatic heterocycles. The molecule has 1 rings (SSSR count). The van der Waals surface area contributed by atoms with Gasteiger partial charge in [0, 0.05) is 13.1 Å². The number of nitrogens with zero attached hydrogens (tertiary/aromatic N) is 1. The molecule has 0 saturated carbocycles. The van der Waals surface area contributed by atoms with E-state index in [1.54, 1.807) is 7.05 Å². The van der Waals surface area contributed by atoms with E-state index in [0.717, 1.165) is 6.54 Å². The Morgan fingerprint density at radius 1 is 1.47 bits per heavy atom. The molecular weight excluding hydrogens is 224 g/mol. The van der Waals surface area contributed by atoms with Gasteiger partial charge < -0.3 is 19.7 Å². The van der Waals surface area contributed by atoms with Crippen LogP contribution in [0.2, 0.25) is 0 Å². The number of carbonyl (C=O) groups excluding carboxylic acids is 2. The van der Waals surface area contributed by atoms with E-state index in [1.165, 1.54) is 12.0 Å². The second-order valence-electron chi connectivity index (χ2n) is 4.08. The summed E-state index contributed by atoms with van der Waals surface area (Å²) in [6.07, 6.45) is 0. The highest BCUT2D eigenvalue weighted by Gasteiger charge is 2.35. The lowest BCUT2D eigenvalue weighted by atomic mass is 10.0. The zero-order chi connectivity index (χ0) is 12.8. The van der Waals surface area contributed by atoms with Crippen LogP contribution in [-0.2, 0) is 19.1 Å². The molecule has 1 saturated heterocycles. The number of hydrogen-bond acceptors (Lipinski definition) is 5. The van der Waals surface area contributed by atoms with Gasteiger partial charge in [0.1, 0.15) is 6.54 Å². The van der Waals surface area contributed by atoms with Crippen LogP contribution in [0.25, 0.3) is 0 Å². The second-order valence-corrected chi connectivity index (χ2v) is 4.08. The number of likely N-dealkylation sites (N-methyl/N-ethyl adjacent to an activating group) is 2. The van der Waals surface area contributed by atoms with Gasteiger partial charge in [-0.15, -0.1) is 0 Å². The molecule has 1 aliphatic rings. The monoisotopic (exact) mass is 244 g/mol. The van der Waals surface area contributed by atoms with E-state index in [9.17, 15) is 9.59 Å². The topological polar surface area (TPSA) is 67.9 Å². The van der Waals surface area contributed by atoms with E-state index in [-0.39, 0.29) is 24.4 Å². The molecule has 1 heterocycles. The first-order chi connectivity index (χ1) is 8.10. The molecule has 0 aliphatic carbocycles. The van der Waals surface area contributed by atoms with Crippen LogP contribution in [0.3, 0.4) is 0 Å². The summed E-state index contributed by atoms with van der Waals surface area (Å²) in [5.41, 5.74) is 0. The van der Waals surface area contributed by atoms with Gasteiger partial charge in [-0.05, 0) is 6.54 Å². The Balaban J connectivity index is 2.53. The maximum absolute atomic E-state index is 12.1. The summed E-state index contributed by atoms with van der Waals surface area (Å²) < 4.78 is 9.83. The summed E-state index contributed by atoms with van der Waals surface area (Å²) in [5, 5.41) is 3.21. The maximum atomic E-state index is 12.1. The number of ether oxygens (including phenoxy) is 2. The molecule has 1 N–H and O–H groups in total. The fourth-order valence-corrected chi connectivity index (χ4v) is 1.88. The molecule has 2 atom stereocenters. The Morgan fingerprint density at radius 2 is 2.18 bits per heavy atom. The molecule has 2 unspecified atom stereocenters. The van der Waals surface area contributed by atoms with E-state index in [4.69, 9.17) is 4.74 Å². The lowest BCUT2D eigenvalue weighted by molar-refractivity contribution is -0.147. The van der Waals surface area contributed by atoms with Gasteiger partial charge in [0.2, 0.25) is 5.91 Å². The van der Waals surface area contributed by atoms with Gasteiger partial charge in [-0.1, -0.05) is 6.92 Å². The first-order valence-corrected chi connectivity index (χ1v) is 5.73. The highest BCUT2D eigenvalue weighted by atomic mass is 16.5. The molecule has 0 aromatic rings. The van der Waals surface area contributed by atoms with E-state index in [2.05, 4.69) is 10.1 Å². The van der Waals surface area contributed by atoms with Crippen molar-refractivity contribution in [1.82, 2.24) is 10.2 Å². The van der Waals surface area contributed by atoms with Crippen molar-refractivity contribution in [2.45, 2.75) is 13.0 Å². The first kappa shape index (κ1) is 13.9. The van der Waals surface area contributed by atoms with Gasteiger partial charge in [-0.2, -0.15) is 0 Å². The van der Waals surface area contributed by atoms with Crippen molar-refractivity contribution in [2.24, 2.45) is 5.92 Å². The number of methoxy groups -OCH3 is 1. The smallest absolute Gasteiger partial charge is 0.325 e. The van der Waals surface area contributed by atoms with E-state index in [0.29, 0.717) is 13.2 Å². The molecule has 98 valence electrons. The van der Waals surface area contributed by atoms with Gasteiger partial charge in [0.05, 0.1) is 26.2 Å². The Bertz CT molecular complexity index is 283. The van der Waals surface area contributed by atoms with Crippen molar-refractivity contribution in [3.8, 4) is 0 Å². The summed E-state index contributed by atoms with van der Waals surface area (Å²) in [4.78, 5) is 24.6. The number of amides is 1. The van der Waals surface area contributed by atoms with Crippen LogP contribution in [0.5, 0.6) is 0 Å². The quantitative estimate of drug-likeness (QED) is 0.644. The second kappa shape index (κ2) is 6.56. The highest BCUT2D eigenvalue weighted by Crippen LogP contribution is 2.16. The minimum Gasteiger partial charge on any atom is -0.468 e. The lowest BCUT2D eigenvalue weighted by Gasteiger charge is -2.23. The van der Waals surface area contributed by atoms with Crippen molar-refractivity contribution < 1.29 is 19.1 Å². The first-order valence-electron chi connectivity index (χ1n) is 5.73. The van der Waals surface area contributed by atoms with E-state index < -0.39 is 5.97 Å². The standard InChI is InChI=1S/C11H20N2O4/c1-4-12-9-7-17-6-8(9)11(15)13(2)5-10(14)16-3/h8-9,12H,4-7H2,1-3H3. The SMILES string of the molecule is CCNC1COCC1C(=O)N(C)CC(=O)OC. The molecule has 0 aromatic carbocycles. The summed E-state index contributed by atoms with van der Waals surface area (Å²) in [7, 11) is 2.90. The largest absolute Gasteiger partial charge is 0.468 e. The average molecular weight is 244 g/mol. The molecule has 0 radical (unpaired) electrons. The van der Waals surface area contributed by atoms with Gasteiger partial charge in [0.15, 0.2) is 0 Å². The fourth-order valence-electron chi connectivity index (χ4n) is 1.88. The third kappa shape index (κ3) is 3.67. The van der Waals surface area contributed by atoms with E-state index in [1.807, 2.05) is 6.92 Å². The van der Waals surface area contributed by atoms with Crippen LogP contribution in [0, 0.1) is 5.92 Å². The minimum atomic E-state index is -0.417. The van der Waals surface area contributed by atoms with Crippen LogP contribution in [-0.4, -0.2) is 63.3 Å². The van der Waals surface area contributed by atoms with Crippen LogP contribution >= 0.6 is 0 Å². The normalized spacial score (nSPS) is 23.5. The fraction of sp³-hybridized carbons (Fsp3) is 0.818. The highest BCUT2D eigenvalue weighted by molar-refractivity contribution is 5.84. The van der Waals surface area contributed by atoms with Crippen LogP contribution in [0.4, 0.5) is 0 Å². The third-order valence-corrected chi connectivity index (χ3v) is 2.83. The van der Waals surface area contributed by atoms with Crippen LogP contribution < -0.4 is 5.32 Å². The summed E-state index contributed by atoms with van der Waals surface area (Å²) in [5.74, 6) is -0.719. The number of carbonyl (C=O) groups is 2. The molecule has 1 aliphatic heterocycles. The predicted molar refractivity (Wildman–Crippen MR) is 61.4 cm³/mol. The number of esters is 1. The number of rotatable bonds is 5. The Kier molecular flexibility index (Phi) is 5.37. The molecule has 6 heteroatoms. The zero-order valence-electron chi connectivity index (χ0n) is 10.6. The Morgan fingerprint density at radius 3 is 2.76 bits per heavy atom. The van der Waals surface area contributed by atoms with Crippen molar-refractivity contribution in [3.63, 3.8) is 0 Å². The zero-order valence-corrected chi connectivity index (χ0v) is 10.6. The minimum absolute atomic E-state index is 0.0231. The lowest BCUT2D eigenvalue weighted by Crippen LogP contribution is -2.45. The van der Waals surface area contributed by atoms with Gasteiger partial charge in [-0.3, -0.25) is 9.59 Å². The van der Waals surface area contributed by atoms with Crippen LogP contribution in [0.15, 0.2) is 0 Å². The molecule has 0 bridgehead atoms. The Labute approximate surface area is 101 Å². The third-order valence-electron chi connectivity index (χ3n) is 2.83. The molecule has 1 fully saturated rings. The number of hydrogen-bond donors (Lipinski definition) is 1. The van der Waals surface area contributed by atoms with Crippen LogP contribution in [0.1, 0.15) is 6.92 Å². The maximum Gasteiger partial charge on any atom is 0.325 e. The molecule has 1 amide bonds. The van der Waals surface area contributed by atoms with Gasteiger partial charge in [0.25, 0.3) is 0 Å². The van der Waals surface area contributed by atoms with Crippen molar-refractivity contribution >= 4 is 11.9 Å². The summed E-state index contributed by atoms with van der Waals surface area (Å²) in [6.45, 7) is 3.69. The van der Waals surface area contributed by atoms with Gasteiger partial charge >= 0.3 is 5.97 Å². The predicted octanol–water partition coefficient (Wildman–Crippen LogP) is -0.758. The number of nitrogens with one attached hydrogen (secondary N) is 1. The Hall–Kier alpha value is -1.14. The average Bonchev–Trinajstić information content (AvgIpc) is 2.76. The molecule has 17 heavy (non-hydrogen) atoms. The molecular formula is C11H20N2O4. The molecule has 0 spiro atoms. The van der Waals surface area contributed by atoms with Crippen molar-refractivity contribution in [3.05, 3.63) is 0 Å². The molecule has 6 nitrogen and oxygen atoms in total. The summed E-state index contributed by atoms with van der Waals surface area (Å²) >= 11 is 0. The van der Waals surface area contributed by atoms with Gasteiger partial charge in [-0.25, -0.2) is 0 Å². The van der Waals surface area contributed by atoms with E-state index >= 15 is 0 Å². The summed E-state index contributed by atoms with van der Waals surface area (Å²) in [6, 6.07) is 0.0348. The van der Waals surface area contributed by atoms with Crippen molar-refractivity contribution in [1.29, 1.82) is 0 Å².